The summed E-state index contributed by atoms with van der Waals surface area (Å²) in [5, 5.41) is 2.89. The number of hydrogen-bond donors (Lipinski definition) is 3. The third-order valence-electron chi connectivity index (χ3n) is 4.91. The van der Waals surface area contributed by atoms with E-state index in [-0.39, 0.29) is 17.9 Å². The zero-order chi connectivity index (χ0) is 20.9. The lowest BCUT2D eigenvalue weighted by molar-refractivity contribution is -0.120. The van der Waals surface area contributed by atoms with Gasteiger partial charge in [0.15, 0.2) is 0 Å². The van der Waals surface area contributed by atoms with Crippen LogP contribution in [0.2, 0.25) is 0 Å². The predicted molar refractivity (Wildman–Crippen MR) is 114 cm³/mol. The number of nitrogens with zero attached hydrogens (tertiary/aromatic N) is 3. The third-order valence-corrected chi connectivity index (χ3v) is 4.91. The van der Waals surface area contributed by atoms with Gasteiger partial charge in [0.2, 0.25) is 5.91 Å². The summed E-state index contributed by atoms with van der Waals surface area (Å²) in [6.07, 6.45) is 6.77. The number of pyridine rings is 2. The van der Waals surface area contributed by atoms with Gasteiger partial charge in [-0.15, -0.1) is 0 Å². The number of aromatic amines is 1. The van der Waals surface area contributed by atoms with Crippen molar-refractivity contribution in [2.45, 2.75) is 26.4 Å². The number of hydrogen-bond acceptors (Lipinski definition) is 5. The average Bonchev–Trinajstić information content (AvgIpc) is 3.23. The van der Waals surface area contributed by atoms with Crippen LogP contribution in [0.5, 0.6) is 0 Å². The van der Waals surface area contributed by atoms with Crippen LogP contribution >= 0.6 is 0 Å². The Labute approximate surface area is 173 Å². The summed E-state index contributed by atoms with van der Waals surface area (Å²) in [7, 11) is 0. The van der Waals surface area contributed by atoms with E-state index in [1.54, 1.807) is 24.9 Å². The quantitative estimate of drug-likeness (QED) is 0.439. The molecule has 0 radical (unpaired) electrons. The molecule has 152 valence electrons. The lowest BCUT2D eigenvalue weighted by Crippen LogP contribution is -2.34. The highest BCUT2D eigenvalue weighted by molar-refractivity contribution is 5.79. The van der Waals surface area contributed by atoms with E-state index in [2.05, 4.69) is 25.7 Å². The fourth-order valence-electron chi connectivity index (χ4n) is 3.20. The van der Waals surface area contributed by atoms with Gasteiger partial charge in [-0.3, -0.25) is 14.6 Å². The van der Waals surface area contributed by atoms with Crippen molar-refractivity contribution in [3.8, 4) is 0 Å². The molecule has 0 saturated carbocycles. The minimum Gasteiger partial charge on any atom is -0.352 e. The molecule has 4 aromatic rings. The van der Waals surface area contributed by atoms with Gasteiger partial charge in [0, 0.05) is 30.7 Å². The summed E-state index contributed by atoms with van der Waals surface area (Å²) in [6, 6.07) is 11.4. The van der Waals surface area contributed by atoms with Crippen molar-refractivity contribution in [2.24, 2.45) is 0 Å². The Hall–Kier alpha value is -3.94. The number of nitrogens with one attached hydrogen (secondary N) is 3. The third kappa shape index (κ3) is 4.38. The second-order valence-corrected chi connectivity index (χ2v) is 7.06. The molecule has 0 fully saturated rings. The van der Waals surface area contributed by atoms with E-state index in [9.17, 15) is 9.59 Å². The maximum atomic E-state index is 12.8. The number of aromatic nitrogens is 4. The average molecular weight is 402 g/mol. The van der Waals surface area contributed by atoms with Gasteiger partial charge in [-0.05, 0) is 47.9 Å². The summed E-state index contributed by atoms with van der Waals surface area (Å²) in [6.45, 7) is 2.67. The van der Waals surface area contributed by atoms with Crippen LogP contribution in [0.15, 0.2) is 66.1 Å². The zero-order valence-corrected chi connectivity index (χ0v) is 16.6. The Bertz CT molecular complexity index is 1230. The van der Waals surface area contributed by atoms with E-state index >= 15 is 0 Å². The van der Waals surface area contributed by atoms with Gasteiger partial charge in [-0.2, -0.15) is 0 Å². The number of carbonyl (C=O) groups is 1. The van der Waals surface area contributed by atoms with Gasteiger partial charge in [0.05, 0.1) is 30.3 Å². The Morgan fingerprint density at radius 2 is 2.07 bits per heavy atom. The molecule has 8 heteroatoms. The van der Waals surface area contributed by atoms with E-state index in [4.69, 9.17) is 0 Å². The first-order valence-corrected chi connectivity index (χ1v) is 9.63. The number of rotatable bonds is 7. The maximum Gasteiger partial charge on any atom is 0.272 e. The number of carbonyl (C=O) groups excluding carboxylic acids is 1. The number of H-pyrrole nitrogens is 1. The molecular formula is C22H22N6O2. The smallest absolute Gasteiger partial charge is 0.272 e. The molecule has 4 rings (SSSR count). The normalized spacial score (nSPS) is 10.8. The number of amides is 1. The predicted octanol–water partition coefficient (Wildman–Crippen LogP) is 2.03. The van der Waals surface area contributed by atoms with Crippen molar-refractivity contribution in [1.82, 2.24) is 24.9 Å². The second-order valence-electron chi connectivity index (χ2n) is 7.06. The monoisotopic (exact) mass is 402 g/mol. The van der Waals surface area contributed by atoms with E-state index in [1.807, 2.05) is 43.3 Å². The Morgan fingerprint density at radius 1 is 1.17 bits per heavy atom. The summed E-state index contributed by atoms with van der Waals surface area (Å²) >= 11 is 0. The molecule has 3 N–H and O–H groups in total. The molecule has 1 amide bonds. The van der Waals surface area contributed by atoms with E-state index < -0.39 is 0 Å². The van der Waals surface area contributed by atoms with Gasteiger partial charge in [-0.25, -0.2) is 9.66 Å². The molecule has 0 aliphatic heterocycles. The van der Waals surface area contributed by atoms with Gasteiger partial charge in [0.1, 0.15) is 0 Å². The van der Waals surface area contributed by atoms with Crippen LogP contribution < -0.4 is 16.3 Å². The van der Waals surface area contributed by atoms with Gasteiger partial charge in [0.25, 0.3) is 5.56 Å². The van der Waals surface area contributed by atoms with Gasteiger partial charge in [-0.1, -0.05) is 12.1 Å². The number of imidazole rings is 1. The molecule has 3 heterocycles. The summed E-state index contributed by atoms with van der Waals surface area (Å²) in [5.74, 6) is -0.204. The van der Waals surface area contributed by atoms with Gasteiger partial charge >= 0.3 is 0 Å². The van der Waals surface area contributed by atoms with Crippen molar-refractivity contribution < 1.29 is 4.79 Å². The van der Waals surface area contributed by atoms with E-state index in [0.717, 1.165) is 27.7 Å². The maximum absolute atomic E-state index is 12.8. The van der Waals surface area contributed by atoms with Gasteiger partial charge < -0.3 is 15.7 Å². The van der Waals surface area contributed by atoms with Crippen LogP contribution in [0.1, 0.15) is 22.3 Å². The molecule has 3 aromatic heterocycles. The first-order chi connectivity index (χ1) is 14.6. The summed E-state index contributed by atoms with van der Waals surface area (Å²) in [5.41, 5.74) is 7.81. The molecule has 30 heavy (non-hydrogen) atoms. The van der Waals surface area contributed by atoms with Crippen molar-refractivity contribution in [3.05, 3.63) is 93.9 Å². The highest BCUT2D eigenvalue weighted by Gasteiger charge is 2.12. The molecule has 0 atom stereocenters. The van der Waals surface area contributed by atoms with Crippen LogP contribution in [0.3, 0.4) is 0 Å². The first kappa shape index (κ1) is 19.4. The topological polar surface area (TPSA) is 105 Å². The lowest BCUT2D eigenvalue weighted by Gasteiger charge is -2.13. The molecule has 8 nitrogen and oxygen atoms in total. The van der Waals surface area contributed by atoms with Crippen LogP contribution in [0.25, 0.3) is 11.0 Å². The Kier molecular flexibility index (Phi) is 5.56. The summed E-state index contributed by atoms with van der Waals surface area (Å²) in [4.78, 5) is 36.6. The molecule has 0 spiro atoms. The van der Waals surface area contributed by atoms with Crippen LogP contribution in [0, 0.1) is 6.92 Å². The van der Waals surface area contributed by atoms with Crippen molar-refractivity contribution in [2.75, 3.05) is 5.43 Å². The molecule has 0 unspecified atom stereocenters. The molecule has 0 bridgehead atoms. The molecule has 0 aliphatic carbocycles. The fraction of sp³-hybridized carbons (Fsp3) is 0.182. The highest BCUT2D eigenvalue weighted by Crippen LogP contribution is 2.11. The fourth-order valence-corrected chi connectivity index (χ4v) is 3.20. The lowest BCUT2D eigenvalue weighted by atomic mass is 10.1. The van der Waals surface area contributed by atoms with E-state index in [0.29, 0.717) is 18.7 Å². The summed E-state index contributed by atoms with van der Waals surface area (Å²) < 4.78 is 1.41. The molecule has 0 aliphatic rings. The Morgan fingerprint density at radius 3 is 2.90 bits per heavy atom. The molecular weight excluding hydrogens is 380 g/mol. The SMILES string of the molecule is Cc1ccn(NCc2cccnc2)c(=O)c1CC(=O)NCc1ccc2nc[nH]c2c1. The van der Waals surface area contributed by atoms with Crippen LogP contribution in [-0.2, 0) is 24.3 Å². The minimum atomic E-state index is -0.229. The number of fused-ring (bicyclic) bond motifs is 1. The van der Waals surface area contributed by atoms with Crippen molar-refractivity contribution in [1.29, 1.82) is 0 Å². The molecule has 0 saturated heterocycles. The van der Waals surface area contributed by atoms with Crippen LogP contribution in [-0.4, -0.2) is 25.5 Å². The number of aryl methyl sites for hydroxylation is 1. The minimum absolute atomic E-state index is 0.0202. The highest BCUT2D eigenvalue weighted by atomic mass is 16.2. The van der Waals surface area contributed by atoms with Crippen molar-refractivity contribution in [3.63, 3.8) is 0 Å². The number of benzene rings is 1. The molecule has 1 aromatic carbocycles. The van der Waals surface area contributed by atoms with E-state index in [1.165, 1.54) is 4.68 Å². The Balaban J connectivity index is 1.41. The van der Waals surface area contributed by atoms with Crippen molar-refractivity contribution >= 4 is 16.9 Å². The second kappa shape index (κ2) is 8.60. The zero-order valence-electron chi connectivity index (χ0n) is 16.6. The largest absolute Gasteiger partial charge is 0.352 e. The van der Waals surface area contributed by atoms with Crippen LogP contribution in [0.4, 0.5) is 0 Å². The first-order valence-electron chi connectivity index (χ1n) is 9.63. The standard InChI is InChI=1S/C22H22N6O2/c1-15-6-8-28(27-13-17-3-2-7-23-11-17)22(30)18(15)10-21(29)24-12-16-4-5-19-20(9-16)26-14-25-19/h2-9,11,14,27H,10,12-13H2,1H3,(H,24,29)(H,25,26).